The Hall–Kier alpha value is -3.38. The van der Waals surface area contributed by atoms with E-state index in [9.17, 15) is 9.59 Å². The van der Waals surface area contributed by atoms with E-state index in [1.807, 2.05) is 4.90 Å². The average Bonchev–Trinajstić information content (AvgIpc) is 2.80. The highest BCUT2D eigenvalue weighted by Gasteiger charge is 2.22. The second-order valence-electron chi connectivity index (χ2n) is 7.63. The molecule has 0 atom stereocenters. The maximum Gasteiger partial charge on any atom is 0.411 e. The third-order valence-corrected chi connectivity index (χ3v) is 5.59. The fourth-order valence-electron chi connectivity index (χ4n) is 3.94. The topological polar surface area (TPSA) is 61.9 Å². The summed E-state index contributed by atoms with van der Waals surface area (Å²) in [7, 11) is 0. The van der Waals surface area contributed by atoms with Crippen LogP contribution in [0.4, 0.5) is 10.5 Å². The van der Waals surface area contributed by atoms with Gasteiger partial charge < -0.3 is 9.64 Å². The summed E-state index contributed by atoms with van der Waals surface area (Å²) in [6, 6.07) is 21.8. The van der Waals surface area contributed by atoms with Crippen molar-refractivity contribution in [2.45, 2.75) is 13.5 Å². The van der Waals surface area contributed by atoms with Crippen LogP contribution in [-0.4, -0.2) is 54.6 Å². The lowest BCUT2D eigenvalue weighted by atomic mass is 10.0. The molecule has 0 aromatic heterocycles. The number of rotatable bonds is 5. The largest absolute Gasteiger partial charge is 0.450 e. The highest BCUT2D eigenvalue weighted by atomic mass is 16.5. The first-order valence-corrected chi connectivity index (χ1v) is 10.7. The van der Waals surface area contributed by atoms with Crippen LogP contribution in [0.25, 0.3) is 10.8 Å². The number of carbonyl (C=O) groups excluding carboxylic acids is 2. The normalized spacial score (nSPS) is 14.4. The zero-order valence-electron chi connectivity index (χ0n) is 17.7. The Morgan fingerprint density at radius 3 is 2.35 bits per heavy atom. The molecule has 3 aromatic rings. The zero-order chi connectivity index (χ0) is 21.6. The zero-order valence-corrected chi connectivity index (χ0v) is 17.7. The second-order valence-corrected chi connectivity index (χ2v) is 7.63. The van der Waals surface area contributed by atoms with Crippen LogP contribution in [-0.2, 0) is 11.3 Å². The molecular weight excluding hydrogens is 390 g/mol. The molecule has 0 radical (unpaired) electrons. The molecule has 6 nitrogen and oxygen atoms in total. The number of hydrogen-bond acceptors (Lipinski definition) is 4. The summed E-state index contributed by atoms with van der Waals surface area (Å²) in [5.74, 6) is 0.0208. The molecule has 4 rings (SSSR count). The van der Waals surface area contributed by atoms with Crippen LogP contribution in [0.1, 0.15) is 22.8 Å². The molecule has 0 bridgehead atoms. The summed E-state index contributed by atoms with van der Waals surface area (Å²) in [6.45, 7) is 6.05. The predicted molar refractivity (Wildman–Crippen MR) is 122 cm³/mol. The van der Waals surface area contributed by atoms with Crippen molar-refractivity contribution in [3.8, 4) is 0 Å². The molecular formula is C25H27N3O3. The van der Waals surface area contributed by atoms with Crippen molar-refractivity contribution in [3.05, 3.63) is 77.9 Å². The van der Waals surface area contributed by atoms with Crippen molar-refractivity contribution in [1.29, 1.82) is 0 Å². The quantitative estimate of drug-likeness (QED) is 0.670. The minimum atomic E-state index is -0.496. The Balaban J connectivity index is 1.33. The van der Waals surface area contributed by atoms with Crippen LogP contribution in [0.3, 0.4) is 0 Å². The Morgan fingerprint density at radius 1 is 0.903 bits per heavy atom. The lowest BCUT2D eigenvalue weighted by Gasteiger charge is -2.35. The number of anilines is 1. The summed E-state index contributed by atoms with van der Waals surface area (Å²) < 4.78 is 4.87. The van der Waals surface area contributed by atoms with Crippen molar-refractivity contribution in [2.24, 2.45) is 0 Å². The van der Waals surface area contributed by atoms with E-state index in [0.29, 0.717) is 30.9 Å². The van der Waals surface area contributed by atoms with Crippen LogP contribution in [0, 0.1) is 0 Å². The lowest BCUT2D eigenvalue weighted by molar-refractivity contribution is 0.0629. The van der Waals surface area contributed by atoms with Gasteiger partial charge in [0.25, 0.3) is 5.91 Å². The van der Waals surface area contributed by atoms with E-state index in [0.717, 1.165) is 19.6 Å². The van der Waals surface area contributed by atoms with Gasteiger partial charge in [0.1, 0.15) is 0 Å². The third kappa shape index (κ3) is 5.03. The summed E-state index contributed by atoms with van der Waals surface area (Å²) in [5, 5.41) is 5.19. The van der Waals surface area contributed by atoms with Crippen molar-refractivity contribution >= 4 is 28.5 Å². The molecule has 1 heterocycles. The summed E-state index contributed by atoms with van der Waals surface area (Å²) >= 11 is 0. The lowest BCUT2D eigenvalue weighted by Crippen LogP contribution is -2.48. The minimum absolute atomic E-state index is 0.0208. The van der Waals surface area contributed by atoms with Gasteiger partial charge in [-0.25, -0.2) is 4.79 Å². The van der Waals surface area contributed by atoms with Crippen molar-refractivity contribution in [1.82, 2.24) is 9.80 Å². The van der Waals surface area contributed by atoms with E-state index in [1.165, 1.54) is 16.3 Å². The summed E-state index contributed by atoms with van der Waals surface area (Å²) in [6.07, 6.45) is -0.496. The van der Waals surface area contributed by atoms with Gasteiger partial charge in [-0.3, -0.25) is 15.0 Å². The van der Waals surface area contributed by atoms with E-state index in [-0.39, 0.29) is 5.91 Å². The first-order chi connectivity index (χ1) is 15.1. The number of fused-ring (bicyclic) bond motifs is 1. The van der Waals surface area contributed by atoms with Gasteiger partial charge in [0.15, 0.2) is 0 Å². The first-order valence-electron chi connectivity index (χ1n) is 10.7. The van der Waals surface area contributed by atoms with Gasteiger partial charge in [0.2, 0.25) is 0 Å². The van der Waals surface area contributed by atoms with Gasteiger partial charge in [-0.15, -0.1) is 0 Å². The fraction of sp³-hybridized carbons (Fsp3) is 0.280. The molecule has 0 unspecified atom stereocenters. The summed E-state index contributed by atoms with van der Waals surface area (Å²) in [4.78, 5) is 28.7. The molecule has 1 fully saturated rings. The average molecular weight is 418 g/mol. The Kier molecular flexibility index (Phi) is 6.48. The van der Waals surface area contributed by atoms with E-state index in [2.05, 4.69) is 52.7 Å². The number of piperazine rings is 1. The van der Waals surface area contributed by atoms with Gasteiger partial charge >= 0.3 is 6.09 Å². The molecule has 160 valence electrons. The molecule has 1 N–H and O–H groups in total. The maximum atomic E-state index is 12.9. The number of amides is 2. The Morgan fingerprint density at radius 2 is 1.61 bits per heavy atom. The fourth-order valence-corrected chi connectivity index (χ4v) is 3.94. The van der Waals surface area contributed by atoms with Crippen LogP contribution in [0.15, 0.2) is 66.7 Å². The van der Waals surface area contributed by atoms with Crippen LogP contribution in [0.2, 0.25) is 0 Å². The molecule has 2 amide bonds. The van der Waals surface area contributed by atoms with E-state index in [4.69, 9.17) is 4.74 Å². The van der Waals surface area contributed by atoms with E-state index < -0.39 is 6.09 Å². The van der Waals surface area contributed by atoms with Crippen molar-refractivity contribution in [3.63, 3.8) is 0 Å². The van der Waals surface area contributed by atoms with E-state index in [1.54, 1.807) is 31.2 Å². The van der Waals surface area contributed by atoms with Crippen LogP contribution >= 0.6 is 0 Å². The van der Waals surface area contributed by atoms with Crippen LogP contribution < -0.4 is 5.32 Å². The van der Waals surface area contributed by atoms with Gasteiger partial charge in [-0.2, -0.15) is 0 Å². The highest BCUT2D eigenvalue weighted by molar-refractivity contribution is 5.95. The third-order valence-electron chi connectivity index (χ3n) is 5.59. The predicted octanol–water partition coefficient (Wildman–Crippen LogP) is 4.37. The SMILES string of the molecule is CCOC(=O)Nc1ccc(C(=O)N2CCN(Cc3cccc4ccccc34)CC2)cc1. The smallest absolute Gasteiger partial charge is 0.411 e. The van der Waals surface area contributed by atoms with E-state index >= 15 is 0 Å². The number of benzene rings is 3. The molecule has 31 heavy (non-hydrogen) atoms. The van der Waals surface area contributed by atoms with Crippen molar-refractivity contribution < 1.29 is 14.3 Å². The maximum absolute atomic E-state index is 12.9. The number of nitrogens with zero attached hydrogens (tertiary/aromatic N) is 2. The summed E-state index contributed by atoms with van der Waals surface area (Å²) in [5.41, 5.74) is 2.55. The molecule has 0 spiro atoms. The Labute approximate surface area is 182 Å². The minimum Gasteiger partial charge on any atom is -0.450 e. The molecule has 3 aromatic carbocycles. The Bertz CT molecular complexity index is 1050. The van der Waals surface area contributed by atoms with Gasteiger partial charge in [0, 0.05) is 44.0 Å². The molecule has 1 aliphatic rings. The number of nitrogens with one attached hydrogen (secondary N) is 1. The van der Waals surface area contributed by atoms with Gasteiger partial charge in [0.05, 0.1) is 6.61 Å². The van der Waals surface area contributed by atoms with Crippen LogP contribution in [0.5, 0.6) is 0 Å². The van der Waals surface area contributed by atoms with Gasteiger partial charge in [-0.05, 0) is 47.5 Å². The number of carbonyl (C=O) groups is 2. The number of ether oxygens (including phenoxy) is 1. The standard InChI is InChI=1S/C25H27N3O3/c1-2-31-25(30)26-22-12-10-20(11-13-22)24(29)28-16-14-27(15-17-28)18-21-8-5-7-19-6-3-4-9-23(19)21/h3-13H,2,14-18H2,1H3,(H,26,30). The van der Waals surface area contributed by atoms with Gasteiger partial charge in [-0.1, -0.05) is 42.5 Å². The highest BCUT2D eigenvalue weighted by Crippen LogP contribution is 2.21. The first kappa shape index (κ1) is 20.9. The second kappa shape index (κ2) is 9.62. The molecule has 1 aliphatic heterocycles. The molecule has 6 heteroatoms. The molecule has 0 saturated carbocycles. The number of hydrogen-bond donors (Lipinski definition) is 1. The molecule has 0 aliphatic carbocycles. The monoisotopic (exact) mass is 417 g/mol. The van der Waals surface area contributed by atoms with Crippen molar-refractivity contribution in [2.75, 3.05) is 38.1 Å². The molecule has 1 saturated heterocycles.